The Morgan fingerprint density at radius 1 is 1.25 bits per heavy atom. The number of nitrogens with zero attached hydrogens (tertiary/aromatic N) is 1. The summed E-state index contributed by atoms with van der Waals surface area (Å²) in [4.78, 5) is 5.63. The first-order valence-corrected chi connectivity index (χ1v) is 6.30. The number of nitrogens with two attached hydrogens (primary N) is 1. The van der Waals surface area contributed by atoms with Crippen molar-refractivity contribution < 1.29 is 0 Å². The van der Waals surface area contributed by atoms with Gasteiger partial charge in [-0.2, -0.15) is 0 Å². The van der Waals surface area contributed by atoms with Crippen LogP contribution in [0.2, 0.25) is 0 Å². The maximum atomic E-state index is 5.74. The van der Waals surface area contributed by atoms with E-state index in [2.05, 4.69) is 43.1 Å². The maximum absolute atomic E-state index is 5.74. The van der Waals surface area contributed by atoms with Crippen molar-refractivity contribution in [1.29, 1.82) is 0 Å². The van der Waals surface area contributed by atoms with Crippen LogP contribution in [0, 0.1) is 6.92 Å². The normalized spacial score (nSPS) is 10.6. The highest BCUT2D eigenvalue weighted by Gasteiger charge is 2.08. The van der Waals surface area contributed by atoms with E-state index in [0.29, 0.717) is 5.13 Å². The second kappa shape index (κ2) is 4.66. The van der Waals surface area contributed by atoms with Crippen LogP contribution in [-0.4, -0.2) is 4.98 Å². The molecule has 0 aliphatic carbocycles. The third-order valence-corrected chi connectivity index (χ3v) is 3.54. The van der Waals surface area contributed by atoms with E-state index in [9.17, 15) is 0 Å². The third kappa shape index (κ3) is 2.42. The van der Waals surface area contributed by atoms with E-state index in [1.165, 1.54) is 16.0 Å². The summed E-state index contributed by atoms with van der Waals surface area (Å²) in [6, 6.07) is 8.63. The number of aromatic nitrogens is 1. The molecule has 3 heteroatoms. The molecule has 0 spiro atoms. The van der Waals surface area contributed by atoms with Crippen LogP contribution in [0.5, 0.6) is 0 Å². The number of anilines is 1. The molecule has 0 bridgehead atoms. The van der Waals surface area contributed by atoms with Crippen molar-refractivity contribution in [1.82, 2.24) is 4.98 Å². The number of nitrogen functional groups attached to an aromatic ring is 1. The zero-order chi connectivity index (χ0) is 11.5. The van der Waals surface area contributed by atoms with Gasteiger partial charge in [0, 0.05) is 11.3 Å². The Kier molecular flexibility index (Phi) is 3.25. The minimum atomic E-state index is 0.680. The number of rotatable bonds is 3. The molecule has 0 aliphatic rings. The first-order chi connectivity index (χ1) is 7.69. The fourth-order valence-electron chi connectivity index (χ4n) is 1.71. The van der Waals surface area contributed by atoms with Gasteiger partial charge < -0.3 is 5.73 Å². The van der Waals surface area contributed by atoms with E-state index in [1.54, 1.807) is 11.3 Å². The average Bonchev–Trinajstić information content (AvgIpc) is 2.62. The predicted molar refractivity (Wildman–Crippen MR) is 69.9 cm³/mol. The molecule has 84 valence electrons. The molecule has 2 N–H and O–H groups in total. The van der Waals surface area contributed by atoms with Crippen LogP contribution in [0.3, 0.4) is 0 Å². The summed E-state index contributed by atoms with van der Waals surface area (Å²) in [6.07, 6.45) is 1.90. The fraction of sp³-hybridized carbons (Fsp3) is 0.308. The first-order valence-electron chi connectivity index (χ1n) is 5.48. The van der Waals surface area contributed by atoms with Crippen molar-refractivity contribution in [3.8, 4) is 0 Å². The summed E-state index contributed by atoms with van der Waals surface area (Å²) < 4.78 is 0. The van der Waals surface area contributed by atoms with Gasteiger partial charge in [0.05, 0.1) is 5.69 Å². The molecule has 0 atom stereocenters. The second-order valence-electron chi connectivity index (χ2n) is 3.94. The van der Waals surface area contributed by atoms with Gasteiger partial charge in [0.2, 0.25) is 0 Å². The Morgan fingerprint density at radius 2 is 1.94 bits per heavy atom. The quantitative estimate of drug-likeness (QED) is 0.882. The Balaban J connectivity index is 2.22. The molecule has 1 aromatic carbocycles. The lowest BCUT2D eigenvalue weighted by Crippen LogP contribution is -1.91. The molecule has 1 heterocycles. The smallest absolute Gasteiger partial charge is 0.180 e. The van der Waals surface area contributed by atoms with Crippen LogP contribution in [0.15, 0.2) is 24.3 Å². The van der Waals surface area contributed by atoms with E-state index >= 15 is 0 Å². The van der Waals surface area contributed by atoms with E-state index < -0.39 is 0 Å². The molecule has 1 aromatic heterocycles. The number of hydrogen-bond donors (Lipinski definition) is 1. The van der Waals surface area contributed by atoms with Gasteiger partial charge in [-0.15, -0.1) is 11.3 Å². The number of benzene rings is 1. The SMILES string of the molecule is CCc1nc(N)sc1Cc1ccc(C)cc1. The summed E-state index contributed by atoms with van der Waals surface area (Å²) >= 11 is 1.60. The molecule has 2 aromatic rings. The van der Waals surface area contributed by atoms with Gasteiger partial charge in [0.15, 0.2) is 5.13 Å². The monoisotopic (exact) mass is 232 g/mol. The summed E-state index contributed by atoms with van der Waals surface area (Å²) in [5.41, 5.74) is 9.50. The van der Waals surface area contributed by atoms with E-state index in [-0.39, 0.29) is 0 Å². The Hall–Kier alpha value is -1.35. The van der Waals surface area contributed by atoms with E-state index in [0.717, 1.165) is 18.5 Å². The lowest BCUT2D eigenvalue weighted by molar-refractivity contribution is 1.02. The summed E-state index contributed by atoms with van der Waals surface area (Å²) in [7, 11) is 0. The highest BCUT2D eigenvalue weighted by molar-refractivity contribution is 7.15. The molecular formula is C13H16N2S. The molecule has 0 amide bonds. The van der Waals surface area contributed by atoms with E-state index in [4.69, 9.17) is 5.73 Å². The van der Waals surface area contributed by atoms with Gasteiger partial charge in [-0.25, -0.2) is 4.98 Å². The largest absolute Gasteiger partial charge is 0.375 e. The predicted octanol–water partition coefficient (Wildman–Crippen LogP) is 3.19. The minimum Gasteiger partial charge on any atom is -0.375 e. The molecular weight excluding hydrogens is 216 g/mol. The van der Waals surface area contributed by atoms with Crippen LogP contribution in [-0.2, 0) is 12.8 Å². The van der Waals surface area contributed by atoms with Gasteiger partial charge in [0.1, 0.15) is 0 Å². The highest BCUT2D eigenvalue weighted by atomic mass is 32.1. The minimum absolute atomic E-state index is 0.680. The Labute approximate surface area is 100 Å². The van der Waals surface area contributed by atoms with Crippen LogP contribution in [0.1, 0.15) is 28.6 Å². The highest BCUT2D eigenvalue weighted by Crippen LogP contribution is 2.24. The van der Waals surface area contributed by atoms with E-state index in [1.807, 2.05) is 0 Å². The van der Waals surface area contributed by atoms with Gasteiger partial charge in [-0.1, -0.05) is 36.8 Å². The second-order valence-corrected chi connectivity index (χ2v) is 5.05. The van der Waals surface area contributed by atoms with Crippen LogP contribution < -0.4 is 5.73 Å². The molecule has 0 unspecified atom stereocenters. The zero-order valence-electron chi connectivity index (χ0n) is 9.66. The summed E-state index contributed by atoms with van der Waals surface area (Å²) in [5, 5.41) is 0.680. The summed E-state index contributed by atoms with van der Waals surface area (Å²) in [5.74, 6) is 0. The molecule has 2 nitrogen and oxygen atoms in total. The third-order valence-electron chi connectivity index (χ3n) is 2.61. The topological polar surface area (TPSA) is 38.9 Å². The lowest BCUT2D eigenvalue weighted by atomic mass is 10.1. The summed E-state index contributed by atoms with van der Waals surface area (Å²) in [6.45, 7) is 4.22. The van der Waals surface area contributed by atoms with Crippen LogP contribution in [0.25, 0.3) is 0 Å². The van der Waals surface area contributed by atoms with Crippen molar-refractivity contribution >= 4 is 16.5 Å². The molecule has 0 radical (unpaired) electrons. The molecule has 0 fully saturated rings. The van der Waals surface area contributed by atoms with Crippen molar-refractivity contribution in [3.05, 3.63) is 46.0 Å². The van der Waals surface area contributed by atoms with Gasteiger partial charge in [-0.3, -0.25) is 0 Å². The number of hydrogen-bond acceptors (Lipinski definition) is 3. The zero-order valence-corrected chi connectivity index (χ0v) is 10.5. The van der Waals surface area contributed by atoms with Crippen molar-refractivity contribution in [2.75, 3.05) is 5.73 Å². The molecule has 2 rings (SSSR count). The Bertz CT molecular complexity index is 471. The maximum Gasteiger partial charge on any atom is 0.180 e. The molecule has 0 saturated carbocycles. The van der Waals surface area contributed by atoms with Crippen LogP contribution >= 0.6 is 11.3 Å². The number of thiazole rings is 1. The molecule has 16 heavy (non-hydrogen) atoms. The van der Waals surface area contributed by atoms with Crippen molar-refractivity contribution in [2.24, 2.45) is 0 Å². The fourth-order valence-corrected chi connectivity index (χ4v) is 2.66. The number of aryl methyl sites for hydroxylation is 2. The van der Waals surface area contributed by atoms with Gasteiger partial charge in [-0.05, 0) is 18.9 Å². The Morgan fingerprint density at radius 3 is 2.56 bits per heavy atom. The molecule has 0 aliphatic heterocycles. The van der Waals surface area contributed by atoms with Crippen molar-refractivity contribution in [3.63, 3.8) is 0 Å². The van der Waals surface area contributed by atoms with Crippen molar-refractivity contribution in [2.45, 2.75) is 26.7 Å². The van der Waals surface area contributed by atoms with Crippen LogP contribution in [0.4, 0.5) is 5.13 Å². The first kappa shape index (κ1) is 11.1. The van der Waals surface area contributed by atoms with Gasteiger partial charge in [0.25, 0.3) is 0 Å². The standard InChI is InChI=1S/C13H16N2S/c1-3-11-12(16-13(14)15-11)8-10-6-4-9(2)5-7-10/h4-7H,3,8H2,1-2H3,(H2,14,15). The average molecular weight is 232 g/mol. The lowest BCUT2D eigenvalue weighted by Gasteiger charge is -2.01. The molecule has 0 saturated heterocycles. The van der Waals surface area contributed by atoms with Gasteiger partial charge >= 0.3 is 0 Å².